The molecule has 0 unspecified atom stereocenters. The van der Waals surface area contributed by atoms with E-state index in [1.54, 1.807) is 0 Å². The summed E-state index contributed by atoms with van der Waals surface area (Å²) in [6, 6.07) is 21.5. The van der Waals surface area contributed by atoms with Gasteiger partial charge in [0.25, 0.3) is 8.32 Å². The third-order valence-corrected chi connectivity index (χ3v) is 10.3. The second kappa shape index (κ2) is 9.39. The highest BCUT2D eigenvalue weighted by atomic mass is 28.4. The molecule has 4 heteroatoms. The van der Waals surface area contributed by atoms with Gasteiger partial charge in [-0.1, -0.05) is 87.5 Å². The maximum atomic E-state index is 6.98. The minimum atomic E-state index is -2.53. The van der Waals surface area contributed by atoms with Crippen molar-refractivity contribution in [1.29, 1.82) is 0 Å². The van der Waals surface area contributed by atoms with Gasteiger partial charge in [-0.3, -0.25) is 0 Å². The molecule has 3 rings (SSSR count). The quantitative estimate of drug-likeness (QED) is 0.491. The van der Waals surface area contributed by atoms with Crippen molar-refractivity contribution < 1.29 is 13.9 Å². The van der Waals surface area contributed by atoms with Gasteiger partial charge in [-0.15, -0.1) is 0 Å². The molecule has 2 aromatic rings. The van der Waals surface area contributed by atoms with E-state index in [1.807, 2.05) is 19.9 Å². The second-order valence-electron chi connectivity index (χ2n) is 8.95. The predicted molar refractivity (Wildman–Crippen MR) is 122 cm³/mol. The van der Waals surface area contributed by atoms with E-state index < -0.39 is 8.32 Å². The Labute approximate surface area is 176 Å². The molecule has 156 valence electrons. The minimum Gasteiger partial charge on any atom is -0.405 e. The fraction of sp³-hybridized carbons (Fsp3) is 0.440. The summed E-state index contributed by atoms with van der Waals surface area (Å²) in [5.41, 5.74) is 0. The molecular formula is C25H34O3Si. The van der Waals surface area contributed by atoms with Gasteiger partial charge in [-0.05, 0) is 41.8 Å². The van der Waals surface area contributed by atoms with E-state index in [0.29, 0.717) is 6.61 Å². The Balaban J connectivity index is 1.91. The lowest BCUT2D eigenvalue weighted by atomic mass is 10.2. The molecule has 0 bridgehead atoms. The molecule has 0 N–H and O–H groups in total. The van der Waals surface area contributed by atoms with Gasteiger partial charge in [-0.2, -0.15) is 0 Å². The Morgan fingerprint density at radius 1 is 0.966 bits per heavy atom. The van der Waals surface area contributed by atoms with Crippen LogP contribution in [-0.4, -0.2) is 33.4 Å². The summed E-state index contributed by atoms with van der Waals surface area (Å²) in [7, 11) is -2.53. The van der Waals surface area contributed by atoms with Crippen molar-refractivity contribution in [3.05, 3.63) is 72.8 Å². The van der Waals surface area contributed by atoms with Crippen LogP contribution in [0.2, 0.25) is 5.04 Å². The zero-order valence-electron chi connectivity index (χ0n) is 18.3. The van der Waals surface area contributed by atoms with Crippen LogP contribution in [0.5, 0.6) is 0 Å². The minimum absolute atomic E-state index is 0.00889. The summed E-state index contributed by atoms with van der Waals surface area (Å²) in [6.45, 7) is 11.5. The Kier molecular flexibility index (Phi) is 7.12. The average Bonchev–Trinajstić information content (AvgIpc) is 2.69. The highest BCUT2D eigenvalue weighted by Gasteiger charge is 2.50. The van der Waals surface area contributed by atoms with Crippen LogP contribution >= 0.6 is 0 Å². The monoisotopic (exact) mass is 410 g/mol. The first-order chi connectivity index (χ1) is 13.8. The van der Waals surface area contributed by atoms with Gasteiger partial charge in [0.2, 0.25) is 0 Å². The molecule has 0 aromatic heterocycles. The largest absolute Gasteiger partial charge is 0.405 e. The molecule has 0 amide bonds. The van der Waals surface area contributed by atoms with Gasteiger partial charge in [0.15, 0.2) is 6.29 Å². The molecule has 3 nitrogen and oxygen atoms in total. The van der Waals surface area contributed by atoms with E-state index in [-0.39, 0.29) is 23.5 Å². The third-order valence-electron chi connectivity index (χ3n) is 5.33. The molecule has 2 aromatic carbocycles. The summed E-state index contributed by atoms with van der Waals surface area (Å²) < 4.78 is 19.0. The molecule has 0 saturated carbocycles. The SMILES string of the molecule is CC(C)O[C@H]1C=CC[C@H](CO[Si](c2ccccc2)(c2ccccc2)C(C)(C)C)O1. The molecule has 29 heavy (non-hydrogen) atoms. The van der Waals surface area contributed by atoms with E-state index in [9.17, 15) is 0 Å². The van der Waals surface area contributed by atoms with Crippen molar-refractivity contribution in [3.8, 4) is 0 Å². The van der Waals surface area contributed by atoms with Gasteiger partial charge in [-0.25, -0.2) is 0 Å². The zero-order chi connectivity index (χ0) is 20.9. The number of rotatable bonds is 7. The first-order valence-corrected chi connectivity index (χ1v) is 12.5. The van der Waals surface area contributed by atoms with Crippen LogP contribution in [0.15, 0.2) is 72.8 Å². The zero-order valence-corrected chi connectivity index (χ0v) is 19.3. The molecule has 1 heterocycles. The van der Waals surface area contributed by atoms with Gasteiger partial charge in [0.1, 0.15) is 0 Å². The first-order valence-electron chi connectivity index (χ1n) is 10.6. The molecule has 0 aliphatic carbocycles. The molecule has 0 fully saturated rings. The molecule has 1 aliphatic rings. The van der Waals surface area contributed by atoms with Crippen molar-refractivity contribution in [1.82, 2.24) is 0 Å². The van der Waals surface area contributed by atoms with Crippen LogP contribution in [0.25, 0.3) is 0 Å². The maximum absolute atomic E-state index is 6.98. The summed E-state index contributed by atoms with van der Waals surface area (Å²) in [6.07, 6.45) is 4.81. The summed E-state index contributed by atoms with van der Waals surface area (Å²) >= 11 is 0. The summed E-state index contributed by atoms with van der Waals surface area (Å²) in [4.78, 5) is 0. The van der Waals surface area contributed by atoms with E-state index in [4.69, 9.17) is 13.9 Å². The number of hydrogen-bond donors (Lipinski definition) is 0. The highest BCUT2D eigenvalue weighted by Crippen LogP contribution is 2.37. The van der Waals surface area contributed by atoms with Crippen molar-refractivity contribution >= 4 is 18.7 Å². The Morgan fingerprint density at radius 2 is 1.52 bits per heavy atom. The van der Waals surface area contributed by atoms with Crippen LogP contribution in [-0.2, 0) is 13.9 Å². The lowest BCUT2D eigenvalue weighted by Gasteiger charge is -2.44. The Bertz CT molecular complexity index is 741. The molecule has 0 spiro atoms. The van der Waals surface area contributed by atoms with Gasteiger partial charge in [0, 0.05) is 0 Å². The topological polar surface area (TPSA) is 27.7 Å². The second-order valence-corrected chi connectivity index (χ2v) is 13.3. The Morgan fingerprint density at radius 3 is 2.00 bits per heavy atom. The van der Waals surface area contributed by atoms with Crippen molar-refractivity contribution in [2.24, 2.45) is 0 Å². The van der Waals surface area contributed by atoms with Crippen molar-refractivity contribution in [2.75, 3.05) is 6.61 Å². The maximum Gasteiger partial charge on any atom is 0.261 e. The predicted octanol–water partition coefficient (Wildman–Crippen LogP) is 4.66. The molecule has 2 atom stereocenters. The third kappa shape index (κ3) is 5.07. The molecule has 0 saturated heterocycles. The highest BCUT2D eigenvalue weighted by molar-refractivity contribution is 6.99. The standard InChI is InChI=1S/C25H34O3Si/c1-20(2)27-24-18-12-13-21(28-24)19-26-29(25(3,4)5,22-14-8-6-9-15-22)23-16-10-7-11-17-23/h6-12,14-18,20-21,24H,13,19H2,1-5H3/t21-,24-/m1/s1. The van der Waals surface area contributed by atoms with Gasteiger partial charge < -0.3 is 13.9 Å². The normalized spacial score (nSPS) is 20.2. The number of benzene rings is 2. The van der Waals surface area contributed by atoms with Crippen LogP contribution in [0.4, 0.5) is 0 Å². The summed E-state index contributed by atoms with van der Waals surface area (Å²) in [5, 5.41) is 2.55. The van der Waals surface area contributed by atoms with E-state index in [0.717, 1.165) is 6.42 Å². The van der Waals surface area contributed by atoms with Crippen molar-refractivity contribution in [2.45, 2.75) is 64.6 Å². The molecular weight excluding hydrogens is 376 g/mol. The van der Waals surface area contributed by atoms with Crippen molar-refractivity contribution in [3.63, 3.8) is 0 Å². The molecule has 1 aliphatic heterocycles. The van der Waals surface area contributed by atoms with Crippen LogP contribution in [0, 0.1) is 0 Å². The van der Waals surface area contributed by atoms with Crippen LogP contribution in [0.3, 0.4) is 0 Å². The van der Waals surface area contributed by atoms with Gasteiger partial charge in [0.05, 0.1) is 18.8 Å². The van der Waals surface area contributed by atoms with E-state index >= 15 is 0 Å². The summed E-state index contributed by atoms with van der Waals surface area (Å²) in [5.74, 6) is 0. The molecule has 0 radical (unpaired) electrons. The smallest absolute Gasteiger partial charge is 0.261 e. The first kappa shape index (κ1) is 22.0. The fourth-order valence-electron chi connectivity index (χ4n) is 4.06. The van der Waals surface area contributed by atoms with E-state index in [2.05, 4.69) is 87.5 Å². The van der Waals surface area contributed by atoms with Crippen LogP contribution < -0.4 is 10.4 Å². The lowest BCUT2D eigenvalue weighted by molar-refractivity contribution is -0.171. The lowest BCUT2D eigenvalue weighted by Crippen LogP contribution is -2.67. The fourth-order valence-corrected chi connectivity index (χ4v) is 8.66. The average molecular weight is 411 g/mol. The Hall–Kier alpha value is -1.72. The number of ether oxygens (including phenoxy) is 2. The van der Waals surface area contributed by atoms with Gasteiger partial charge >= 0.3 is 0 Å². The van der Waals surface area contributed by atoms with Crippen LogP contribution in [0.1, 0.15) is 41.0 Å². The number of hydrogen-bond acceptors (Lipinski definition) is 3. The van der Waals surface area contributed by atoms with E-state index in [1.165, 1.54) is 10.4 Å².